The standard InChI is InChI=1S/C27H31N3OS.C27H31N3OSe.C27H33N3S.C27H33N3Se.CH4.4ClH/c2*1-4-30(5-2)20-14-15-23-25(17-20)32-26-18-24(28-16-10-6-7-11-19(3)31)21-12-8-9-13-22(21)27(26)29-23;2*1-4-7-8-9-12-17-28-24-19-26-27(22-14-11-10-13-21(22)24)29-23-16-15-20(18-25(23)31-26)30(5-2)6-3;;;;;/h2*8-9,12-15,17-18H,4-7,10-11,16H2,1-3H3;2*10-11,13-16,18-19H,4-9,12,17H2,1-3H3;1H4;4*1H. The molecule has 0 fully saturated rings. The van der Waals surface area contributed by atoms with Crippen molar-refractivity contribution >= 4 is 169 Å². The number of carbonyl (C=O) groups is 2. The summed E-state index contributed by atoms with van der Waals surface area (Å²) in [6.07, 6.45) is 20.7. The fourth-order valence-corrected chi connectivity index (χ4v) is 23.8. The van der Waals surface area contributed by atoms with E-state index in [0.29, 0.717) is 12.8 Å². The molecular formula is C109H136Cl4N12O2S2Se2. The van der Waals surface area contributed by atoms with E-state index in [4.69, 9.17) is 19.9 Å². The minimum atomic E-state index is 0. The number of rotatable bonds is 36. The van der Waals surface area contributed by atoms with Gasteiger partial charge in [0.05, 0.1) is 41.6 Å². The maximum Gasteiger partial charge on any atom is 0.201 e. The number of fused-ring (bicyclic) bond motifs is 16. The zero-order chi connectivity index (χ0) is 88.3. The van der Waals surface area contributed by atoms with Gasteiger partial charge in [0.2, 0.25) is 10.7 Å². The number of ketones is 2. The maximum atomic E-state index is 11.1. The SMILES string of the molecule is C.CCCCCCCNc1cc2[se]c3cc(=[N+](CC)CC)ccc-3nc2c2ccccc12.CCCCCCCNc1cc2sc3cc(=[N+](CC)CC)ccc-3nc2c2ccccc12.CC[N+](CC)=c1ccc2nc3c(cc(NCCCCCC(C)=O)c4ccccc43)[se]c-2c1.CC[N+](CC)=c1ccc2nc3c(cc(NCCCCCC(C)=O)c4ccccc43)sc-2c1.[Cl-].[Cl-].[Cl-].[Cl-]. The van der Waals surface area contributed by atoms with Crippen molar-refractivity contribution in [3.05, 3.63) is 216 Å². The van der Waals surface area contributed by atoms with Crippen LogP contribution in [0.1, 0.15) is 206 Å². The van der Waals surface area contributed by atoms with E-state index in [9.17, 15) is 9.59 Å². The molecule has 0 spiro atoms. The number of hydrogen-bond acceptors (Lipinski definition) is 12. The largest absolute Gasteiger partial charge is 1.00 e. The molecule has 14 nitrogen and oxygen atoms in total. The molecule has 8 aromatic rings. The summed E-state index contributed by atoms with van der Waals surface area (Å²) in [5.41, 5.74) is 13.7. The molecule has 696 valence electrons. The van der Waals surface area contributed by atoms with Gasteiger partial charge in [-0.05, 0) is 78.1 Å². The molecule has 0 bridgehead atoms. The Hall–Kier alpha value is -8.74. The van der Waals surface area contributed by atoms with Crippen LogP contribution < -0.4 is 111 Å². The Kier molecular flexibility index (Phi) is 44.8. The summed E-state index contributed by atoms with van der Waals surface area (Å²) < 4.78 is 17.5. The molecule has 0 saturated heterocycles. The Labute approximate surface area is 822 Å². The summed E-state index contributed by atoms with van der Waals surface area (Å²) in [6, 6.07) is 70.6. The fourth-order valence-electron chi connectivity index (χ4n) is 17.2. The summed E-state index contributed by atoms with van der Waals surface area (Å²) >= 11 is 4.15. The average molecular weight is 2010 g/mol. The second-order valence-electron chi connectivity index (χ2n) is 33.0. The summed E-state index contributed by atoms with van der Waals surface area (Å²) in [5.74, 6) is 0.568. The zero-order valence-electron chi connectivity index (χ0n) is 78.2. The number of aromatic nitrogens is 4. The van der Waals surface area contributed by atoms with Gasteiger partial charge in [-0.25, -0.2) is 19.1 Å². The van der Waals surface area contributed by atoms with Gasteiger partial charge in [-0.3, -0.25) is 0 Å². The van der Waals surface area contributed by atoms with Crippen molar-refractivity contribution in [2.24, 2.45) is 0 Å². The molecule has 4 heterocycles. The first-order valence-electron chi connectivity index (χ1n) is 47.0. The van der Waals surface area contributed by atoms with Crippen LogP contribution in [0.4, 0.5) is 22.7 Å². The van der Waals surface area contributed by atoms with E-state index < -0.39 is 0 Å². The van der Waals surface area contributed by atoms with Gasteiger partial charge in [-0.15, -0.1) is 22.7 Å². The van der Waals surface area contributed by atoms with Crippen LogP contribution in [0.2, 0.25) is 0 Å². The number of nitrogens with one attached hydrogen (secondary N) is 4. The van der Waals surface area contributed by atoms with Gasteiger partial charge in [-0.1, -0.05) is 95.0 Å². The van der Waals surface area contributed by atoms with Crippen LogP contribution >= 0.6 is 22.7 Å². The molecule has 0 unspecified atom stereocenters. The maximum absolute atomic E-state index is 11.1. The molecular weight excluding hydrogens is 1870 g/mol. The number of hydrogen-bond donors (Lipinski definition) is 4. The van der Waals surface area contributed by atoms with Crippen molar-refractivity contribution in [2.75, 3.05) is 99.8 Å². The van der Waals surface area contributed by atoms with Crippen LogP contribution in [0.3, 0.4) is 0 Å². The zero-order valence-corrected chi connectivity index (χ0v) is 86.3. The molecule has 0 aromatic heterocycles. The van der Waals surface area contributed by atoms with Gasteiger partial charge in [0, 0.05) is 76.7 Å². The molecule has 4 aliphatic heterocycles. The molecule has 8 aromatic carbocycles. The van der Waals surface area contributed by atoms with E-state index in [-0.39, 0.29) is 97.6 Å². The van der Waals surface area contributed by atoms with Gasteiger partial charge in [0.1, 0.15) is 32.0 Å². The second kappa shape index (κ2) is 54.6. The molecule has 8 aliphatic rings. The predicted molar refractivity (Wildman–Crippen MR) is 555 cm³/mol. The van der Waals surface area contributed by atoms with Gasteiger partial charge < -0.3 is 65.1 Å². The van der Waals surface area contributed by atoms with Gasteiger partial charge >= 0.3 is 388 Å². The first-order valence-corrected chi connectivity index (χ1v) is 52.1. The number of Topliss-reactive ketones (excluding diaryl/α,β-unsaturated/α-hetero) is 2. The third-order valence-electron chi connectivity index (χ3n) is 24.3. The Balaban J connectivity index is 0.000000213. The van der Waals surface area contributed by atoms with Crippen LogP contribution in [-0.4, -0.2) is 139 Å². The molecule has 16 rings (SSSR count). The Morgan fingerprint density at radius 1 is 0.298 bits per heavy atom. The van der Waals surface area contributed by atoms with E-state index >= 15 is 0 Å². The Bertz CT molecular complexity index is 6190. The number of anilines is 4. The van der Waals surface area contributed by atoms with Gasteiger partial charge in [-0.2, -0.15) is 0 Å². The fraction of sp³-hybridized carbons (Fsp3) is 0.394. The summed E-state index contributed by atoms with van der Waals surface area (Å²) in [4.78, 5) is 45.1. The van der Waals surface area contributed by atoms with Crippen molar-refractivity contribution < 1.29 is 59.2 Å². The number of halogens is 4. The molecule has 22 heteroatoms. The van der Waals surface area contributed by atoms with E-state index in [1.54, 1.807) is 13.8 Å². The van der Waals surface area contributed by atoms with E-state index in [0.717, 1.165) is 162 Å². The van der Waals surface area contributed by atoms with Crippen molar-refractivity contribution in [3.8, 4) is 41.4 Å². The third-order valence-corrected chi connectivity index (χ3v) is 30.9. The quantitative estimate of drug-likeness (QED) is 0.00984. The van der Waals surface area contributed by atoms with Crippen molar-refractivity contribution in [1.29, 1.82) is 0 Å². The van der Waals surface area contributed by atoms with Crippen LogP contribution in [0.25, 0.3) is 124 Å². The van der Waals surface area contributed by atoms with E-state index in [1.807, 2.05) is 22.7 Å². The number of unbranched alkanes of at least 4 members (excludes halogenated alkanes) is 12. The normalized spacial score (nSPS) is 11.0. The molecule has 0 atom stereocenters. The first-order chi connectivity index (χ1) is 61.7. The van der Waals surface area contributed by atoms with Crippen molar-refractivity contribution in [3.63, 3.8) is 0 Å². The Morgan fingerprint density at radius 3 is 0.855 bits per heavy atom. The summed E-state index contributed by atoms with van der Waals surface area (Å²) in [6.45, 7) is 37.6. The second-order valence-corrected chi connectivity index (χ2v) is 39.7. The molecule has 0 radical (unpaired) electrons. The molecule has 4 N–H and O–H groups in total. The average Bonchev–Trinajstić information content (AvgIpc) is 0.770. The monoisotopic (exact) mass is 2010 g/mol. The number of nitrogens with zero attached hydrogens (tertiary/aromatic N) is 8. The van der Waals surface area contributed by atoms with Crippen LogP contribution in [0, 0.1) is 0 Å². The van der Waals surface area contributed by atoms with E-state index in [1.165, 1.54) is 188 Å². The minimum Gasteiger partial charge on any atom is -1.00 e. The minimum absolute atomic E-state index is 0. The van der Waals surface area contributed by atoms with Crippen LogP contribution in [-0.2, 0) is 9.59 Å². The Morgan fingerprint density at radius 2 is 0.557 bits per heavy atom. The summed E-state index contributed by atoms with van der Waals surface area (Å²) in [5, 5.41) is 29.9. The topological polar surface area (TPSA) is 146 Å². The molecule has 0 saturated carbocycles. The van der Waals surface area contributed by atoms with Gasteiger partial charge in [0.15, 0.2) is 0 Å². The van der Waals surface area contributed by atoms with Crippen molar-refractivity contribution in [1.82, 2.24) is 38.2 Å². The smallest absolute Gasteiger partial charge is 0.201 e. The van der Waals surface area contributed by atoms with Crippen molar-refractivity contribution in [2.45, 2.75) is 206 Å². The first kappa shape index (κ1) is 108. The predicted octanol–water partition coefficient (Wildman–Crippen LogP) is 12.0. The van der Waals surface area contributed by atoms with E-state index in [2.05, 4.69) is 303 Å². The third kappa shape index (κ3) is 27.8. The molecule has 0 amide bonds. The summed E-state index contributed by atoms with van der Waals surface area (Å²) in [7, 11) is 0. The van der Waals surface area contributed by atoms with Crippen LogP contribution in [0.15, 0.2) is 194 Å². The number of benzene rings is 12. The van der Waals surface area contributed by atoms with Crippen LogP contribution in [0.5, 0.6) is 0 Å². The number of carbonyl (C=O) groups excluding carboxylic acids is 2. The van der Waals surface area contributed by atoms with Gasteiger partial charge in [0.25, 0.3) is 0 Å². The molecule has 131 heavy (non-hydrogen) atoms. The molecule has 4 aliphatic carbocycles.